The zero-order chi connectivity index (χ0) is 15.3. The van der Waals surface area contributed by atoms with Gasteiger partial charge in [0.2, 0.25) is 0 Å². The van der Waals surface area contributed by atoms with E-state index in [4.69, 9.17) is 0 Å². The summed E-state index contributed by atoms with van der Waals surface area (Å²) in [5, 5.41) is 0. The predicted octanol–water partition coefficient (Wildman–Crippen LogP) is 7.13. The van der Waals surface area contributed by atoms with Crippen LogP contribution in [0.3, 0.4) is 0 Å². The molecule has 3 rings (SSSR count). The van der Waals surface area contributed by atoms with Gasteiger partial charge in [-0.25, -0.2) is 0 Å². The van der Waals surface area contributed by atoms with E-state index in [9.17, 15) is 0 Å². The summed E-state index contributed by atoms with van der Waals surface area (Å²) < 4.78 is 0. The Morgan fingerprint density at radius 2 is 1.64 bits per heavy atom. The summed E-state index contributed by atoms with van der Waals surface area (Å²) in [6.45, 7) is 2.32. The van der Waals surface area contributed by atoms with E-state index in [-0.39, 0.29) is 1.43 Å². The van der Waals surface area contributed by atoms with Crippen molar-refractivity contribution in [3.05, 3.63) is 35.9 Å². The number of benzene rings is 1. The SMILES string of the molecule is CCCCCC1CCC(c2ccccc2)(C2CCCC2)CC1.[HH]. The van der Waals surface area contributed by atoms with Gasteiger partial charge in [-0.3, -0.25) is 0 Å². The lowest BCUT2D eigenvalue weighted by Gasteiger charge is -2.45. The molecule has 0 N–H and O–H groups in total. The molecule has 124 valence electrons. The lowest BCUT2D eigenvalue weighted by Crippen LogP contribution is -2.38. The molecule has 2 saturated carbocycles. The normalized spacial score (nSPS) is 29.8. The second-order valence-corrected chi connectivity index (χ2v) is 7.94. The van der Waals surface area contributed by atoms with Crippen LogP contribution in [0.1, 0.15) is 91.0 Å². The summed E-state index contributed by atoms with van der Waals surface area (Å²) in [7, 11) is 0. The quantitative estimate of drug-likeness (QED) is 0.490. The molecular formula is C22H36. The number of rotatable bonds is 6. The maximum absolute atomic E-state index is 2.43. The third-order valence-electron chi connectivity index (χ3n) is 6.70. The second-order valence-electron chi connectivity index (χ2n) is 7.94. The van der Waals surface area contributed by atoms with Crippen molar-refractivity contribution in [1.82, 2.24) is 0 Å². The third kappa shape index (κ3) is 3.42. The molecule has 0 aromatic heterocycles. The average Bonchev–Trinajstić information content (AvgIpc) is 3.12. The highest BCUT2D eigenvalue weighted by Crippen LogP contribution is 2.52. The number of hydrogen-bond donors (Lipinski definition) is 0. The molecule has 0 heterocycles. The summed E-state index contributed by atoms with van der Waals surface area (Å²) in [4.78, 5) is 0. The molecule has 0 saturated heterocycles. The minimum Gasteiger partial charge on any atom is -0.0654 e. The summed E-state index contributed by atoms with van der Waals surface area (Å²) >= 11 is 0. The summed E-state index contributed by atoms with van der Waals surface area (Å²) in [6.07, 6.45) is 17.5. The number of hydrogen-bond acceptors (Lipinski definition) is 0. The Labute approximate surface area is 139 Å². The van der Waals surface area contributed by atoms with Crippen molar-refractivity contribution in [1.29, 1.82) is 0 Å². The average molecular weight is 301 g/mol. The zero-order valence-electron chi connectivity index (χ0n) is 14.5. The molecule has 0 heteroatoms. The monoisotopic (exact) mass is 300 g/mol. The Morgan fingerprint density at radius 3 is 2.27 bits per heavy atom. The van der Waals surface area contributed by atoms with Crippen LogP contribution in [0.5, 0.6) is 0 Å². The van der Waals surface area contributed by atoms with Crippen molar-refractivity contribution in [2.24, 2.45) is 11.8 Å². The van der Waals surface area contributed by atoms with Gasteiger partial charge in [0.1, 0.15) is 0 Å². The first kappa shape index (κ1) is 16.1. The molecule has 0 radical (unpaired) electrons. The van der Waals surface area contributed by atoms with E-state index in [1.165, 1.54) is 77.0 Å². The Balaban J connectivity index is 0.00000192. The molecule has 0 unspecified atom stereocenters. The van der Waals surface area contributed by atoms with Gasteiger partial charge in [-0.1, -0.05) is 75.8 Å². The Morgan fingerprint density at radius 1 is 0.955 bits per heavy atom. The fourth-order valence-corrected chi connectivity index (χ4v) is 5.35. The van der Waals surface area contributed by atoms with Gasteiger partial charge in [0, 0.05) is 1.43 Å². The van der Waals surface area contributed by atoms with Gasteiger partial charge in [0.25, 0.3) is 0 Å². The largest absolute Gasteiger partial charge is 0.0654 e. The molecule has 2 aliphatic carbocycles. The maximum atomic E-state index is 2.43. The molecule has 2 fully saturated rings. The third-order valence-corrected chi connectivity index (χ3v) is 6.70. The standard InChI is InChI=1S/C22H34.H2/c1-2-3-5-10-19-15-17-22(18-16-19,21-13-8-9-14-21)20-11-6-4-7-12-20;/h4,6-7,11-12,19,21H,2-3,5,8-10,13-18H2,1H3;1H. The van der Waals surface area contributed by atoms with Gasteiger partial charge < -0.3 is 0 Å². The fourth-order valence-electron chi connectivity index (χ4n) is 5.35. The molecule has 22 heavy (non-hydrogen) atoms. The van der Waals surface area contributed by atoms with Gasteiger partial charge in [0.05, 0.1) is 0 Å². The van der Waals surface area contributed by atoms with E-state index >= 15 is 0 Å². The minimum atomic E-state index is 0. The Kier molecular flexibility index (Phi) is 5.61. The van der Waals surface area contributed by atoms with Crippen LogP contribution in [0.15, 0.2) is 30.3 Å². The van der Waals surface area contributed by atoms with Crippen molar-refractivity contribution in [3.8, 4) is 0 Å². The van der Waals surface area contributed by atoms with Crippen LogP contribution in [0.2, 0.25) is 0 Å². The lowest BCUT2D eigenvalue weighted by molar-refractivity contribution is 0.151. The van der Waals surface area contributed by atoms with Gasteiger partial charge in [-0.05, 0) is 61.3 Å². The summed E-state index contributed by atoms with van der Waals surface area (Å²) in [5.41, 5.74) is 2.19. The van der Waals surface area contributed by atoms with Crippen LogP contribution in [0.25, 0.3) is 0 Å². The van der Waals surface area contributed by atoms with E-state index in [2.05, 4.69) is 37.3 Å². The molecule has 0 spiro atoms. The first-order chi connectivity index (χ1) is 10.8. The second kappa shape index (κ2) is 7.66. The molecule has 1 aromatic carbocycles. The predicted molar refractivity (Wildman–Crippen MR) is 98.3 cm³/mol. The summed E-state index contributed by atoms with van der Waals surface area (Å²) in [6, 6.07) is 11.6. The topological polar surface area (TPSA) is 0 Å². The van der Waals surface area contributed by atoms with Crippen LogP contribution in [-0.2, 0) is 5.41 Å². The Bertz CT molecular complexity index is 425. The smallest absolute Gasteiger partial charge is 0 e. The van der Waals surface area contributed by atoms with Gasteiger partial charge in [-0.2, -0.15) is 0 Å². The highest BCUT2D eigenvalue weighted by atomic mass is 14.5. The number of unbranched alkanes of at least 4 members (excludes halogenated alkanes) is 2. The zero-order valence-corrected chi connectivity index (χ0v) is 14.5. The Hall–Kier alpha value is -0.780. The maximum Gasteiger partial charge on any atom is 0 e. The van der Waals surface area contributed by atoms with Crippen LogP contribution >= 0.6 is 0 Å². The highest BCUT2D eigenvalue weighted by molar-refractivity contribution is 5.27. The van der Waals surface area contributed by atoms with Crippen LogP contribution in [0.4, 0.5) is 0 Å². The molecular weight excluding hydrogens is 264 g/mol. The molecule has 0 atom stereocenters. The van der Waals surface area contributed by atoms with E-state index in [0.29, 0.717) is 5.41 Å². The van der Waals surface area contributed by atoms with Crippen molar-refractivity contribution in [2.75, 3.05) is 0 Å². The van der Waals surface area contributed by atoms with E-state index < -0.39 is 0 Å². The van der Waals surface area contributed by atoms with E-state index in [0.717, 1.165) is 11.8 Å². The van der Waals surface area contributed by atoms with Crippen molar-refractivity contribution in [3.63, 3.8) is 0 Å². The van der Waals surface area contributed by atoms with E-state index in [1.807, 2.05) is 0 Å². The van der Waals surface area contributed by atoms with Gasteiger partial charge >= 0.3 is 0 Å². The molecule has 0 nitrogen and oxygen atoms in total. The van der Waals surface area contributed by atoms with Crippen LogP contribution < -0.4 is 0 Å². The molecule has 1 aromatic rings. The van der Waals surface area contributed by atoms with Crippen LogP contribution in [-0.4, -0.2) is 0 Å². The molecule has 0 aliphatic heterocycles. The minimum absolute atomic E-state index is 0. The highest BCUT2D eigenvalue weighted by Gasteiger charge is 2.43. The summed E-state index contributed by atoms with van der Waals surface area (Å²) in [5.74, 6) is 1.98. The molecule has 2 aliphatic rings. The first-order valence-corrected chi connectivity index (χ1v) is 9.90. The fraction of sp³-hybridized carbons (Fsp3) is 0.727. The van der Waals surface area contributed by atoms with Crippen molar-refractivity contribution in [2.45, 2.75) is 89.4 Å². The lowest BCUT2D eigenvalue weighted by atomic mass is 9.59. The van der Waals surface area contributed by atoms with E-state index in [1.54, 1.807) is 5.56 Å². The van der Waals surface area contributed by atoms with Gasteiger partial charge in [0.15, 0.2) is 0 Å². The van der Waals surface area contributed by atoms with Gasteiger partial charge in [-0.15, -0.1) is 0 Å². The van der Waals surface area contributed by atoms with Crippen LogP contribution in [0, 0.1) is 11.8 Å². The molecule has 0 amide bonds. The molecule has 0 bridgehead atoms. The van der Waals surface area contributed by atoms with Crippen molar-refractivity contribution >= 4 is 0 Å². The van der Waals surface area contributed by atoms with Crippen molar-refractivity contribution < 1.29 is 1.43 Å². The first-order valence-electron chi connectivity index (χ1n) is 9.90.